The van der Waals surface area contributed by atoms with Gasteiger partial charge in [-0.3, -0.25) is 4.98 Å². The number of aromatic nitrogens is 1. The van der Waals surface area contributed by atoms with Crippen LogP contribution in [0.3, 0.4) is 0 Å². The Morgan fingerprint density at radius 1 is 1.14 bits per heavy atom. The van der Waals surface area contributed by atoms with Gasteiger partial charge in [0.15, 0.2) is 0 Å². The number of nitrogens with one attached hydrogen (secondary N) is 1. The molecule has 0 radical (unpaired) electrons. The molecule has 1 aromatic carbocycles. The van der Waals surface area contributed by atoms with Crippen LogP contribution in [0.4, 0.5) is 5.69 Å². The number of carboxylic acids is 1. The fraction of sp³-hybridized carbons (Fsp3) is 0.286. The van der Waals surface area contributed by atoms with Gasteiger partial charge in [0.25, 0.3) is 0 Å². The molecule has 0 aliphatic rings. The van der Waals surface area contributed by atoms with Crippen molar-refractivity contribution < 1.29 is 25.2 Å². The molecule has 5 N–H and O–H groups in total. The summed E-state index contributed by atoms with van der Waals surface area (Å²) in [7, 11) is 0. The number of anilines is 1. The number of rotatable bonds is 6. The summed E-state index contributed by atoms with van der Waals surface area (Å²) in [6, 6.07) is 6.87. The van der Waals surface area contributed by atoms with Crippen molar-refractivity contribution >= 4 is 22.6 Å². The molecule has 0 saturated carbocycles. The molecule has 112 valence electrons. The minimum absolute atomic E-state index is 0.103. The predicted molar refractivity (Wildman–Crippen MR) is 76.3 cm³/mol. The van der Waals surface area contributed by atoms with Gasteiger partial charge in [0.05, 0.1) is 31.0 Å². The lowest BCUT2D eigenvalue weighted by Crippen LogP contribution is -2.49. The van der Waals surface area contributed by atoms with Crippen LogP contribution >= 0.6 is 0 Å². The van der Waals surface area contributed by atoms with Gasteiger partial charge in [0, 0.05) is 11.6 Å². The summed E-state index contributed by atoms with van der Waals surface area (Å²) in [5.74, 6) is -1.20. The highest BCUT2D eigenvalue weighted by atomic mass is 16.4. The Kier molecular flexibility index (Phi) is 4.37. The van der Waals surface area contributed by atoms with Crippen molar-refractivity contribution in [1.29, 1.82) is 0 Å². The first kappa shape index (κ1) is 15.2. The maximum Gasteiger partial charge on any atom is 0.339 e. The van der Waals surface area contributed by atoms with E-state index < -0.39 is 31.3 Å². The monoisotopic (exact) mass is 292 g/mol. The number of para-hydroxylation sites is 1. The number of benzene rings is 1. The quantitative estimate of drug-likeness (QED) is 0.510. The van der Waals surface area contributed by atoms with E-state index in [1.807, 2.05) is 0 Å². The van der Waals surface area contributed by atoms with Crippen molar-refractivity contribution in [1.82, 2.24) is 4.98 Å². The second-order valence-electron chi connectivity index (χ2n) is 4.75. The number of hydrogen-bond donors (Lipinski definition) is 5. The van der Waals surface area contributed by atoms with Crippen LogP contribution in [0.5, 0.6) is 0 Å². The second kappa shape index (κ2) is 6.04. The van der Waals surface area contributed by atoms with E-state index in [1.165, 1.54) is 6.20 Å². The zero-order valence-corrected chi connectivity index (χ0v) is 11.2. The van der Waals surface area contributed by atoms with Gasteiger partial charge in [-0.15, -0.1) is 0 Å². The summed E-state index contributed by atoms with van der Waals surface area (Å²) >= 11 is 0. The van der Waals surface area contributed by atoms with Gasteiger partial charge in [-0.05, 0) is 6.07 Å². The molecule has 0 spiro atoms. The molecule has 0 atom stereocenters. The maximum atomic E-state index is 11.3. The highest BCUT2D eigenvalue weighted by Crippen LogP contribution is 2.28. The summed E-state index contributed by atoms with van der Waals surface area (Å²) in [5, 5.41) is 40.7. The zero-order chi connectivity index (χ0) is 15.5. The van der Waals surface area contributed by atoms with E-state index in [9.17, 15) is 25.2 Å². The van der Waals surface area contributed by atoms with Crippen LogP contribution in [0.1, 0.15) is 10.4 Å². The summed E-state index contributed by atoms with van der Waals surface area (Å²) in [6.45, 7) is -1.68. The lowest BCUT2D eigenvalue weighted by atomic mass is 10.0. The molecule has 2 rings (SSSR count). The Labute approximate surface area is 120 Å². The zero-order valence-electron chi connectivity index (χ0n) is 11.2. The van der Waals surface area contributed by atoms with Crippen molar-refractivity contribution in [2.75, 3.05) is 25.1 Å². The van der Waals surface area contributed by atoms with Gasteiger partial charge >= 0.3 is 5.97 Å². The van der Waals surface area contributed by atoms with Gasteiger partial charge in [0.1, 0.15) is 11.1 Å². The molecular formula is C14H16N2O5. The molecule has 7 nitrogen and oxygen atoms in total. The number of carboxylic acid groups (broad SMARTS) is 1. The lowest BCUT2D eigenvalue weighted by molar-refractivity contribution is 0.0692. The molecule has 0 bridgehead atoms. The van der Waals surface area contributed by atoms with Crippen LogP contribution < -0.4 is 5.32 Å². The predicted octanol–water partition coefficient (Wildman–Crippen LogP) is 0.0606. The molecule has 0 aliphatic carbocycles. The molecule has 1 heterocycles. The van der Waals surface area contributed by atoms with E-state index in [0.717, 1.165) is 0 Å². The number of aliphatic hydroxyl groups is 3. The average Bonchev–Trinajstić information content (AvgIpc) is 2.52. The molecule has 0 amide bonds. The van der Waals surface area contributed by atoms with Gasteiger partial charge in [-0.2, -0.15) is 0 Å². The Morgan fingerprint density at radius 2 is 1.76 bits per heavy atom. The van der Waals surface area contributed by atoms with Gasteiger partial charge < -0.3 is 25.7 Å². The van der Waals surface area contributed by atoms with E-state index in [4.69, 9.17) is 0 Å². The number of pyridine rings is 1. The number of nitrogens with zero attached hydrogens (tertiary/aromatic N) is 1. The molecule has 0 unspecified atom stereocenters. The Morgan fingerprint density at radius 3 is 2.33 bits per heavy atom. The van der Waals surface area contributed by atoms with Crippen molar-refractivity contribution in [3.8, 4) is 0 Å². The molecule has 0 aliphatic heterocycles. The molecule has 0 saturated heterocycles. The first-order chi connectivity index (χ1) is 10.1. The van der Waals surface area contributed by atoms with Gasteiger partial charge in [-0.25, -0.2) is 4.79 Å². The topological polar surface area (TPSA) is 123 Å². The summed E-state index contributed by atoms with van der Waals surface area (Å²) in [4.78, 5) is 15.4. The number of hydrogen-bond acceptors (Lipinski definition) is 6. The first-order valence-electron chi connectivity index (χ1n) is 6.28. The molecule has 21 heavy (non-hydrogen) atoms. The van der Waals surface area contributed by atoms with Crippen molar-refractivity contribution in [3.63, 3.8) is 0 Å². The maximum absolute atomic E-state index is 11.3. The highest BCUT2D eigenvalue weighted by molar-refractivity contribution is 6.04. The Bertz CT molecular complexity index is 647. The summed E-state index contributed by atoms with van der Waals surface area (Å²) < 4.78 is 0. The first-order valence-corrected chi connectivity index (χ1v) is 6.28. The number of aromatic carboxylic acids is 1. The third kappa shape index (κ3) is 2.80. The van der Waals surface area contributed by atoms with Crippen molar-refractivity contribution in [3.05, 3.63) is 36.0 Å². The molecule has 2 aromatic rings. The molecule has 1 aromatic heterocycles. The van der Waals surface area contributed by atoms with Crippen LogP contribution in [0.25, 0.3) is 10.9 Å². The number of aliphatic hydroxyl groups excluding tert-OH is 3. The fourth-order valence-electron chi connectivity index (χ4n) is 1.97. The molecule has 7 heteroatoms. The lowest BCUT2D eigenvalue weighted by Gasteiger charge is -2.31. The van der Waals surface area contributed by atoms with Crippen molar-refractivity contribution in [2.24, 2.45) is 0 Å². The van der Waals surface area contributed by atoms with E-state index in [1.54, 1.807) is 24.3 Å². The van der Waals surface area contributed by atoms with Gasteiger partial charge in [0.2, 0.25) is 0 Å². The normalized spacial score (nSPS) is 11.6. The number of carbonyl (C=O) groups is 1. The van der Waals surface area contributed by atoms with Crippen LogP contribution in [0, 0.1) is 0 Å². The minimum atomic E-state index is -1.42. The van der Waals surface area contributed by atoms with E-state index >= 15 is 0 Å². The van der Waals surface area contributed by atoms with Crippen LogP contribution in [0.2, 0.25) is 0 Å². The highest BCUT2D eigenvalue weighted by Gasteiger charge is 2.30. The average molecular weight is 292 g/mol. The third-order valence-corrected chi connectivity index (χ3v) is 3.30. The second-order valence-corrected chi connectivity index (χ2v) is 4.75. The third-order valence-electron chi connectivity index (χ3n) is 3.30. The molecular weight excluding hydrogens is 276 g/mol. The standard InChI is InChI=1S/C14H16N2O5/c17-6-14(7-18,8-19)16-12-9-3-1-2-4-11(9)15-5-10(12)13(20)21/h1-5,17-19H,6-8H2,(H,15,16)(H,20,21). The summed E-state index contributed by atoms with van der Waals surface area (Å²) in [6.07, 6.45) is 1.20. The fourth-order valence-corrected chi connectivity index (χ4v) is 1.97. The SMILES string of the molecule is O=C(O)c1cnc2ccccc2c1NC(CO)(CO)CO. The van der Waals surface area contributed by atoms with E-state index in [-0.39, 0.29) is 11.3 Å². The van der Waals surface area contributed by atoms with E-state index in [0.29, 0.717) is 10.9 Å². The van der Waals surface area contributed by atoms with E-state index in [2.05, 4.69) is 10.3 Å². The Balaban J connectivity index is 2.64. The minimum Gasteiger partial charge on any atom is -0.478 e. The largest absolute Gasteiger partial charge is 0.478 e. The summed E-state index contributed by atoms with van der Waals surface area (Å²) in [5.41, 5.74) is -0.764. The van der Waals surface area contributed by atoms with Crippen LogP contribution in [-0.2, 0) is 0 Å². The smallest absolute Gasteiger partial charge is 0.339 e. The van der Waals surface area contributed by atoms with Crippen LogP contribution in [0.15, 0.2) is 30.5 Å². The van der Waals surface area contributed by atoms with Crippen molar-refractivity contribution in [2.45, 2.75) is 5.54 Å². The number of fused-ring (bicyclic) bond motifs is 1. The van der Waals surface area contributed by atoms with Crippen LogP contribution in [-0.4, -0.2) is 56.7 Å². The molecule has 0 fully saturated rings. The Hall–Kier alpha value is -2.22. The van der Waals surface area contributed by atoms with Gasteiger partial charge in [-0.1, -0.05) is 18.2 Å².